The second kappa shape index (κ2) is 10.6. The van der Waals surface area contributed by atoms with Gasteiger partial charge in [-0.15, -0.1) is 0 Å². The van der Waals surface area contributed by atoms with Gasteiger partial charge in [0, 0.05) is 31.0 Å². The van der Waals surface area contributed by atoms with Crippen LogP contribution >= 0.6 is 0 Å². The predicted octanol–water partition coefficient (Wildman–Crippen LogP) is 5.50. The Kier molecular flexibility index (Phi) is 6.81. The lowest BCUT2D eigenvalue weighted by molar-refractivity contribution is -0.133. The van der Waals surface area contributed by atoms with Gasteiger partial charge in [-0.05, 0) is 65.6 Å². The molecule has 0 spiro atoms. The molecule has 3 aromatic rings. The molecule has 3 aromatic carbocycles. The normalized spacial score (nSPS) is 18.3. The summed E-state index contributed by atoms with van der Waals surface area (Å²) in [6, 6.07) is 23.5. The molecule has 7 nitrogen and oxygen atoms in total. The minimum absolute atomic E-state index is 0.00320. The summed E-state index contributed by atoms with van der Waals surface area (Å²) in [5.41, 5.74) is 5.86. The highest BCUT2D eigenvalue weighted by Crippen LogP contribution is 2.44. The number of piperidine rings is 1. The number of ether oxygens (including phenoxy) is 1. The van der Waals surface area contributed by atoms with E-state index in [0.29, 0.717) is 13.1 Å². The maximum atomic E-state index is 13.4. The van der Waals surface area contributed by atoms with E-state index in [4.69, 9.17) is 4.74 Å². The fourth-order valence-electron chi connectivity index (χ4n) is 6.05. The highest BCUT2D eigenvalue weighted by Gasteiger charge is 2.38. The van der Waals surface area contributed by atoms with Gasteiger partial charge in [0.05, 0.1) is 5.56 Å². The molecule has 1 aliphatic heterocycles. The van der Waals surface area contributed by atoms with Gasteiger partial charge in [-0.1, -0.05) is 60.7 Å². The van der Waals surface area contributed by atoms with E-state index in [0.717, 1.165) is 42.4 Å². The summed E-state index contributed by atoms with van der Waals surface area (Å²) < 4.78 is 5.88. The standard InChI is InChI=1S/C32H32N2O5/c35-30(33-16-6-9-23(18-33)21-7-5-8-22(17-21)31(36)37)19-34(24-14-15-24)32(38)39-20-29-27-12-3-1-10-25(27)26-11-2-4-13-28(26)29/h1-5,7-8,10-13,17,23-24,29H,6,9,14-16,18-20H2,(H,36,37). The van der Waals surface area contributed by atoms with Crippen LogP contribution in [-0.2, 0) is 9.53 Å². The Morgan fingerprint density at radius 2 is 1.59 bits per heavy atom. The Balaban J connectivity index is 1.11. The molecule has 0 radical (unpaired) electrons. The Morgan fingerprint density at radius 3 is 2.26 bits per heavy atom. The zero-order valence-corrected chi connectivity index (χ0v) is 21.8. The van der Waals surface area contributed by atoms with Crippen molar-refractivity contribution in [2.75, 3.05) is 26.2 Å². The number of aromatic carboxylic acids is 1. The fourth-order valence-corrected chi connectivity index (χ4v) is 6.05. The first-order chi connectivity index (χ1) is 19.0. The van der Waals surface area contributed by atoms with E-state index in [1.165, 1.54) is 11.1 Å². The SMILES string of the molecule is O=C(O)c1cccc(C2CCCN(C(=O)CN(C(=O)OCC3c4ccccc4-c4ccccc43)C3CC3)C2)c1. The van der Waals surface area contributed by atoms with Crippen LogP contribution in [0.2, 0.25) is 0 Å². The highest BCUT2D eigenvalue weighted by atomic mass is 16.6. The summed E-state index contributed by atoms with van der Waals surface area (Å²) >= 11 is 0. The van der Waals surface area contributed by atoms with Crippen molar-refractivity contribution in [1.82, 2.24) is 9.80 Å². The molecule has 1 unspecified atom stereocenters. The lowest BCUT2D eigenvalue weighted by Crippen LogP contribution is -2.47. The molecule has 39 heavy (non-hydrogen) atoms. The van der Waals surface area contributed by atoms with Crippen LogP contribution in [-0.4, -0.2) is 65.2 Å². The molecular weight excluding hydrogens is 492 g/mol. The number of carboxylic acid groups (broad SMARTS) is 1. The van der Waals surface area contributed by atoms with Crippen molar-refractivity contribution in [2.24, 2.45) is 0 Å². The van der Waals surface area contributed by atoms with Crippen molar-refractivity contribution in [1.29, 1.82) is 0 Å². The van der Waals surface area contributed by atoms with Crippen LogP contribution in [0.15, 0.2) is 72.8 Å². The first-order valence-corrected chi connectivity index (χ1v) is 13.7. The third-order valence-electron chi connectivity index (χ3n) is 8.24. The van der Waals surface area contributed by atoms with Crippen LogP contribution in [0.4, 0.5) is 4.79 Å². The van der Waals surface area contributed by atoms with Gasteiger partial charge in [0.25, 0.3) is 0 Å². The van der Waals surface area contributed by atoms with Crippen molar-refractivity contribution in [3.63, 3.8) is 0 Å². The molecule has 6 rings (SSSR count). The monoisotopic (exact) mass is 524 g/mol. The fraction of sp³-hybridized carbons (Fsp3) is 0.344. The van der Waals surface area contributed by atoms with Gasteiger partial charge in [0.15, 0.2) is 0 Å². The van der Waals surface area contributed by atoms with Crippen LogP contribution in [0.5, 0.6) is 0 Å². The number of carboxylic acids is 1. The Bertz CT molecular complexity index is 1370. The molecule has 1 saturated carbocycles. The average molecular weight is 525 g/mol. The summed E-state index contributed by atoms with van der Waals surface area (Å²) in [7, 11) is 0. The van der Waals surface area contributed by atoms with E-state index >= 15 is 0 Å². The van der Waals surface area contributed by atoms with Gasteiger partial charge in [0.2, 0.25) is 5.91 Å². The molecule has 3 aliphatic rings. The number of amides is 2. The van der Waals surface area contributed by atoms with E-state index < -0.39 is 12.1 Å². The van der Waals surface area contributed by atoms with Crippen LogP contribution in [0, 0.1) is 0 Å². The first kappa shape index (κ1) is 25.2. The van der Waals surface area contributed by atoms with Crippen LogP contribution in [0.1, 0.15) is 64.6 Å². The van der Waals surface area contributed by atoms with Gasteiger partial charge in [-0.25, -0.2) is 9.59 Å². The summed E-state index contributed by atoms with van der Waals surface area (Å²) in [6.07, 6.45) is 3.05. The summed E-state index contributed by atoms with van der Waals surface area (Å²) in [5.74, 6) is -0.994. The molecule has 200 valence electrons. The summed E-state index contributed by atoms with van der Waals surface area (Å²) in [6.45, 7) is 1.39. The number of carbonyl (C=O) groups excluding carboxylic acids is 2. The quantitative estimate of drug-likeness (QED) is 0.441. The molecule has 0 aromatic heterocycles. The zero-order chi connectivity index (χ0) is 26.9. The number of likely N-dealkylation sites (tertiary alicyclic amines) is 1. The van der Waals surface area contributed by atoms with E-state index in [9.17, 15) is 19.5 Å². The molecule has 2 amide bonds. The van der Waals surface area contributed by atoms with Crippen molar-refractivity contribution in [3.05, 3.63) is 95.1 Å². The topological polar surface area (TPSA) is 87.2 Å². The smallest absolute Gasteiger partial charge is 0.410 e. The first-order valence-electron chi connectivity index (χ1n) is 13.7. The Hall–Kier alpha value is -4.13. The molecule has 1 N–H and O–H groups in total. The number of benzene rings is 3. The molecule has 1 atom stereocenters. The number of carbonyl (C=O) groups is 3. The molecule has 2 fully saturated rings. The average Bonchev–Trinajstić information content (AvgIpc) is 3.77. The Morgan fingerprint density at radius 1 is 0.897 bits per heavy atom. The van der Waals surface area contributed by atoms with Gasteiger partial charge in [-0.3, -0.25) is 9.69 Å². The van der Waals surface area contributed by atoms with Crippen LogP contribution in [0.25, 0.3) is 11.1 Å². The van der Waals surface area contributed by atoms with Crippen molar-refractivity contribution in [2.45, 2.75) is 43.6 Å². The zero-order valence-electron chi connectivity index (χ0n) is 21.8. The maximum absolute atomic E-state index is 13.4. The van der Waals surface area contributed by atoms with E-state index in [2.05, 4.69) is 24.3 Å². The minimum atomic E-state index is -0.955. The van der Waals surface area contributed by atoms with Gasteiger partial charge >= 0.3 is 12.1 Å². The molecular formula is C32H32N2O5. The van der Waals surface area contributed by atoms with Gasteiger partial charge in [-0.2, -0.15) is 0 Å². The lowest BCUT2D eigenvalue weighted by Gasteiger charge is -2.34. The van der Waals surface area contributed by atoms with Crippen molar-refractivity contribution in [3.8, 4) is 11.1 Å². The van der Waals surface area contributed by atoms with Gasteiger partial charge < -0.3 is 14.7 Å². The van der Waals surface area contributed by atoms with Crippen molar-refractivity contribution < 1.29 is 24.2 Å². The lowest BCUT2D eigenvalue weighted by atomic mass is 9.89. The largest absolute Gasteiger partial charge is 0.478 e. The number of hydrogen-bond donors (Lipinski definition) is 1. The molecule has 1 heterocycles. The summed E-state index contributed by atoms with van der Waals surface area (Å²) in [4.78, 5) is 41.5. The van der Waals surface area contributed by atoms with Gasteiger partial charge in [0.1, 0.15) is 13.2 Å². The van der Waals surface area contributed by atoms with E-state index in [-0.39, 0.29) is 42.5 Å². The van der Waals surface area contributed by atoms with E-state index in [1.54, 1.807) is 23.1 Å². The molecule has 0 bridgehead atoms. The number of rotatable bonds is 7. The number of fused-ring (bicyclic) bond motifs is 3. The predicted molar refractivity (Wildman–Crippen MR) is 147 cm³/mol. The molecule has 7 heteroatoms. The van der Waals surface area contributed by atoms with Crippen LogP contribution < -0.4 is 0 Å². The van der Waals surface area contributed by atoms with E-state index in [1.807, 2.05) is 35.2 Å². The minimum Gasteiger partial charge on any atom is -0.478 e. The second-order valence-electron chi connectivity index (χ2n) is 10.8. The third-order valence-corrected chi connectivity index (χ3v) is 8.24. The van der Waals surface area contributed by atoms with Crippen molar-refractivity contribution >= 4 is 18.0 Å². The summed E-state index contributed by atoms with van der Waals surface area (Å²) in [5, 5.41) is 9.35. The highest BCUT2D eigenvalue weighted by molar-refractivity contribution is 5.88. The maximum Gasteiger partial charge on any atom is 0.410 e. The number of hydrogen-bond acceptors (Lipinski definition) is 4. The Labute approximate surface area is 228 Å². The van der Waals surface area contributed by atoms with Crippen LogP contribution in [0.3, 0.4) is 0 Å². The molecule has 2 aliphatic carbocycles. The third kappa shape index (κ3) is 5.13. The number of nitrogens with zero attached hydrogens (tertiary/aromatic N) is 2. The second-order valence-corrected chi connectivity index (χ2v) is 10.8. The molecule has 1 saturated heterocycles.